The normalized spacial score (nSPS) is 18.3. The van der Waals surface area contributed by atoms with Gasteiger partial charge >= 0.3 is 0 Å². The highest BCUT2D eigenvalue weighted by Crippen LogP contribution is 2.23. The van der Waals surface area contributed by atoms with E-state index < -0.39 is 0 Å². The molecule has 1 unspecified atom stereocenters. The smallest absolute Gasteiger partial charge is 0.225 e. The van der Waals surface area contributed by atoms with Gasteiger partial charge in [0.15, 0.2) is 0 Å². The Morgan fingerprint density at radius 2 is 2.04 bits per heavy atom. The monoisotopic (exact) mass is 327 g/mol. The Bertz CT molecular complexity index is 677. The lowest BCUT2D eigenvalue weighted by atomic mass is 10.0. The standard InChI is InChI=1S/C19H22FN3O/c20-16-6-4-5-15(13-16)18-14-21-10-12-23(18)11-9-19(24)22-17-7-2-1-3-8-17/h1-8,13,18,21H,9-12,14H2,(H,22,24). The van der Waals surface area contributed by atoms with Crippen LogP contribution in [-0.2, 0) is 4.79 Å². The van der Waals surface area contributed by atoms with Crippen LogP contribution in [0.25, 0.3) is 0 Å². The first-order chi connectivity index (χ1) is 11.7. The number of nitrogens with zero attached hydrogens (tertiary/aromatic N) is 1. The molecule has 2 aromatic rings. The number of nitrogens with one attached hydrogen (secondary N) is 2. The zero-order valence-corrected chi connectivity index (χ0v) is 13.5. The minimum Gasteiger partial charge on any atom is -0.326 e. The number of carbonyl (C=O) groups is 1. The van der Waals surface area contributed by atoms with Gasteiger partial charge in [-0.3, -0.25) is 9.69 Å². The highest BCUT2D eigenvalue weighted by molar-refractivity contribution is 5.90. The number of halogens is 1. The number of para-hydroxylation sites is 1. The first-order valence-electron chi connectivity index (χ1n) is 8.27. The number of carbonyl (C=O) groups excluding carboxylic acids is 1. The van der Waals surface area contributed by atoms with Gasteiger partial charge in [0.1, 0.15) is 5.82 Å². The second kappa shape index (κ2) is 8.04. The summed E-state index contributed by atoms with van der Waals surface area (Å²) in [6.07, 6.45) is 0.417. The van der Waals surface area contributed by atoms with E-state index in [-0.39, 0.29) is 17.8 Å². The number of hydrogen-bond donors (Lipinski definition) is 2. The molecule has 3 rings (SSSR count). The molecule has 4 nitrogen and oxygen atoms in total. The molecule has 0 spiro atoms. The highest BCUT2D eigenvalue weighted by atomic mass is 19.1. The number of anilines is 1. The summed E-state index contributed by atoms with van der Waals surface area (Å²) in [5.41, 5.74) is 1.76. The molecule has 2 aromatic carbocycles. The molecule has 1 aliphatic rings. The van der Waals surface area contributed by atoms with Crippen molar-refractivity contribution < 1.29 is 9.18 Å². The van der Waals surface area contributed by atoms with Crippen LogP contribution >= 0.6 is 0 Å². The van der Waals surface area contributed by atoms with Crippen molar-refractivity contribution in [1.82, 2.24) is 10.2 Å². The summed E-state index contributed by atoms with van der Waals surface area (Å²) in [5, 5.41) is 6.25. The molecule has 1 aliphatic heterocycles. The molecular formula is C19H22FN3O. The van der Waals surface area contributed by atoms with E-state index in [1.54, 1.807) is 12.1 Å². The fourth-order valence-electron chi connectivity index (χ4n) is 3.05. The van der Waals surface area contributed by atoms with Crippen LogP contribution < -0.4 is 10.6 Å². The first-order valence-corrected chi connectivity index (χ1v) is 8.27. The van der Waals surface area contributed by atoms with Gasteiger partial charge in [-0.15, -0.1) is 0 Å². The predicted molar refractivity (Wildman–Crippen MR) is 93.3 cm³/mol. The fraction of sp³-hybridized carbons (Fsp3) is 0.316. The Balaban J connectivity index is 1.59. The lowest BCUT2D eigenvalue weighted by molar-refractivity contribution is -0.116. The van der Waals surface area contributed by atoms with Gasteiger partial charge in [0.05, 0.1) is 0 Å². The lowest BCUT2D eigenvalue weighted by Crippen LogP contribution is -2.46. The molecule has 1 atom stereocenters. The molecule has 2 N–H and O–H groups in total. The Kier molecular flexibility index (Phi) is 5.56. The fourth-order valence-corrected chi connectivity index (χ4v) is 3.05. The second-order valence-corrected chi connectivity index (χ2v) is 5.98. The van der Waals surface area contributed by atoms with Gasteiger partial charge in [-0.25, -0.2) is 4.39 Å². The number of benzene rings is 2. The van der Waals surface area contributed by atoms with Gasteiger partial charge in [0.2, 0.25) is 5.91 Å². The van der Waals surface area contributed by atoms with E-state index in [0.29, 0.717) is 13.0 Å². The molecule has 5 heteroatoms. The van der Waals surface area contributed by atoms with Crippen molar-refractivity contribution in [3.63, 3.8) is 0 Å². The third-order valence-corrected chi connectivity index (χ3v) is 4.27. The van der Waals surface area contributed by atoms with E-state index in [4.69, 9.17) is 0 Å². The average Bonchev–Trinajstić information content (AvgIpc) is 2.61. The van der Waals surface area contributed by atoms with Crippen LogP contribution in [0.15, 0.2) is 54.6 Å². The van der Waals surface area contributed by atoms with Crippen molar-refractivity contribution in [1.29, 1.82) is 0 Å². The topological polar surface area (TPSA) is 44.4 Å². The van der Waals surface area contributed by atoms with Crippen LogP contribution in [0.5, 0.6) is 0 Å². The molecule has 1 amide bonds. The minimum atomic E-state index is -0.222. The largest absolute Gasteiger partial charge is 0.326 e. The van der Waals surface area contributed by atoms with Crippen LogP contribution in [-0.4, -0.2) is 37.0 Å². The van der Waals surface area contributed by atoms with Gasteiger partial charge in [0.25, 0.3) is 0 Å². The van der Waals surface area contributed by atoms with E-state index in [0.717, 1.165) is 30.9 Å². The molecule has 0 bridgehead atoms. The lowest BCUT2D eigenvalue weighted by Gasteiger charge is -2.36. The van der Waals surface area contributed by atoms with E-state index >= 15 is 0 Å². The zero-order valence-electron chi connectivity index (χ0n) is 13.5. The van der Waals surface area contributed by atoms with Gasteiger partial charge < -0.3 is 10.6 Å². The quantitative estimate of drug-likeness (QED) is 0.887. The number of rotatable bonds is 5. The molecule has 1 saturated heterocycles. The summed E-state index contributed by atoms with van der Waals surface area (Å²) in [4.78, 5) is 14.4. The molecule has 1 heterocycles. The molecule has 126 valence electrons. The van der Waals surface area contributed by atoms with Crippen molar-refractivity contribution in [2.24, 2.45) is 0 Å². The maximum Gasteiger partial charge on any atom is 0.225 e. The molecule has 1 fully saturated rings. The molecule has 0 aliphatic carbocycles. The van der Waals surface area contributed by atoms with Crippen LogP contribution in [0.2, 0.25) is 0 Å². The number of piperazine rings is 1. The summed E-state index contributed by atoms with van der Waals surface area (Å²) in [6, 6.07) is 16.3. The maximum atomic E-state index is 13.5. The summed E-state index contributed by atoms with van der Waals surface area (Å²) < 4.78 is 13.5. The summed E-state index contributed by atoms with van der Waals surface area (Å²) in [7, 11) is 0. The third kappa shape index (κ3) is 4.40. The summed E-state index contributed by atoms with van der Waals surface area (Å²) >= 11 is 0. The molecular weight excluding hydrogens is 305 g/mol. The van der Waals surface area contributed by atoms with Crippen molar-refractivity contribution in [2.45, 2.75) is 12.5 Å². The van der Waals surface area contributed by atoms with Gasteiger partial charge in [0, 0.05) is 44.3 Å². The predicted octanol–water partition coefficient (Wildman–Crippen LogP) is 2.80. The van der Waals surface area contributed by atoms with Gasteiger partial charge in [-0.05, 0) is 29.8 Å². The third-order valence-electron chi connectivity index (χ3n) is 4.27. The Morgan fingerprint density at radius 3 is 2.83 bits per heavy atom. The van der Waals surface area contributed by atoms with Crippen molar-refractivity contribution in [2.75, 3.05) is 31.5 Å². The van der Waals surface area contributed by atoms with Crippen LogP contribution in [0.4, 0.5) is 10.1 Å². The molecule has 0 aromatic heterocycles. The van der Waals surface area contributed by atoms with E-state index in [2.05, 4.69) is 15.5 Å². The number of amides is 1. The summed E-state index contributed by atoms with van der Waals surface area (Å²) in [5.74, 6) is -0.224. The van der Waals surface area contributed by atoms with Crippen LogP contribution in [0.1, 0.15) is 18.0 Å². The Morgan fingerprint density at radius 1 is 1.21 bits per heavy atom. The summed E-state index contributed by atoms with van der Waals surface area (Å²) in [6.45, 7) is 3.15. The van der Waals surface area contributed by atoms with Crippen molar-refractivity contribution in [3.05, 3.63) is 66.0 Å². The van der Waals surface area contributed by atoms with Crippen LogP contribution in [0.3, 0.4) is 0 Å². The Hall–Kier alpha value is -2.24. The molecule has 0 saturated carbocycles. The van der Waals surface area contributed by atoms with Gasteiger partial charge in [-0.1, -0.05) is 30.3 Å². The van der Waals surface area contributed by atoms with E-state index in [1.165, 1.54) is 6.07 Å². The van der Waals surface area contributed by atoms with Crippen LogP contribution in [0, 0.1) is 5.82 Å². The number of hydrogen-bond acceptors (Lipinski definition) is 3. The average molecular weight is 327 g/mol. The maximum absolute atomic E-state index is 13.5. The van der Waals surface area contributed by atoms with Gasteiger partial charge in [-0.2, -0.15) is 0 Å². The first kappa shape index (κ1) is 16.6. The molecule has 0 radical (unpaired) electrons. The Labute approximate surface area is 141 Å². The second-order valence-electron chi connectivity index (χ2n) is 5.98. The highest BCUT2D eigenvalue weighted by Gasteiger charge is 2.24. The minimum absolute atomic E-state index is 0.00211. The zero-order chi connectivity index (χ0) is 16.8. The van der Waals surface area contributed by atoms with E-state index in [1.807, 2.05) is 36.4 Å². The van der Waals surface area contributed by atoms with Crippen molar-refractivity contribution in [3.8, 4) is 0 Å². The molecule has 24 heavy (non-hydrogen) atoms. The van der Waals surface area contributed by atoms with E-state index in [9.17, 15) is 9.18 Å². The SMILES string of the molecule is O=C(CCN1CCNCC1c1cccc(F)c1)Nc1ccccc1. The van der Waals surface area contributed by atoms with Crippen molar-refractivity contribution >= 4 is 11.6 Å².